The van der Waals surface area contributed by atoms with Gasteiger partial charge in [-0.2, -0.15) is 5.26 Å². The highest BCUT2D eigenvalue weighted by Gasteiger charge is 2.19. The van der Waals surface area contributed by atoms with Crippen LogP contribution in [0.15, 0.2) is 30.0 Å². The van der Waals surface area contributed by atoms with E-state index in [0.29, 0.717) is 0 Å². The molecule has 0 radical (unpaired) electrons. The molecule has 5 heteroatoms. The lowest BCUT2D eigenvalue weighted by Gasteiger charge is -2.15. The number of ketones is 1. The highest BCUT2D eigenvalue weighted by atomic mass is 35.5. The van der Waals surface area contributed by atoms with Crippen molar-refractivity contribution in [1.29, 1.82) is 5.26 Å². The molecule has 0 fully saturated rings. The molecule has 0 unspecified atom stereocenters. The van der Waals surface area contributed by atoms with Crippen LogP contribution >= 0.6 is 23.2 Å². The number of hydrogen-bond donors (Lipinski definition) is 1. The number of nitrogens with zero attached hydrogens (tertiary/aromatic N) is 1. The average Bonchev–Trinajstić information content (AvgIpc) is 2.48. The van der Waals surface area contributed by atoms with Crippen LogP contribution in [0.5, 0.6) is 0 Å². The van der Waals surface area contributed by atoms with Gasteiger partial charge in [-0.3, -0.25) is 4.79 Å². The minimum Gasteiger partial charge on any atom is -0.387 e. The largest absolute Gasteiger partial charge is 0.387 e. The number of Topliss-reactive ketones (excluding diaryl/α,β-unsaturated/α-hetero) is 1. The molecule has 118 valence electrons. The third-order valence-corrected chi connectivity index (χ3v) is 3.92. The Hall–Kier alpha value is -1.50. The van der Waals surface area contributed by atoms with E-state index in [9.17, 15) is 10.1 Å². The van der Waals surface area contributed by atoms with Gasteiger partial charge < -0.3 is 5.32 Å². The van der Waals surface area contributed by atoms with Crippen molar-refractivity contribution in [2.45, 2.75) is 45.6 Å². The van der Waals surface area contributed by atoms with Gasteiger partial charge in [-0.05, 0) is 25.0 Å². The first kappa shape index (κ1) is 18.5. The molecule has 1 rings (SSSR count). The van der Waals surface area contributed by atoms with Gasteiger partial charge in [0.15, 0.2) is 0 Å². The Labute approximate surface area is 141 Å². The molecule has 0 heterocycles. The SMILES string of the molecule is CCCC(CCC)N/C=C(/C#N)C(=O)c1c(Cl)cccc1Cl. The van der Waals surface area contributed by atoms with Crippen molar-refractivity contribution >= 4 is 29.0 Å². The molecule has 1 aromatic rings. The van der Waals surface area contributed by atoms with Crippen LogP contribution in [0.4, 0.5) is 0 Å². The first-order chi connectivity index (χ1) is 10.5. The zero-order valence-corrected chi connectivity index (χ0v) is 14.3. The van der Waals surface area contributed by atoms with Gasteiger partial charge in [-0.1, -0.05) is 56.0 Å². The van der Waals surface area contributed by atoms with Gasteiger partial charge in [-0.25, -0.2) is 0 Å². The third-order valence-electron chi connectivity index (χ3n) is 3.29. The van der Waals surface area contributed by atoms with E-state index in [2.05, 4.69) is 19.2 Å². The molecule has 1 N–H and O–H groups in total. The second kappa shape index (κ2) is 9.50. The van der Waals surface area contributed by atoms with E-state index >= 15 is 0 Å². The molecule has 0 saturated carbocycles. The Morgan fingerprint density at radius 1 is 1.27 bits per heavy atom. The van der Waals surface area contributed by atoms with Crippen molar-refractivity contribution in [2.24, 2.45) is 0 Å². The Morgan fingerprint density at radius 2 is 1.82 bits per heavy atom. The Bertz CT molecular complexity index is 565. The van der Waals surface area contributed by atoms with E-state index < -0.39 is 5.78 Å². The highest BCUT2D eigenvalue weighted by molar-refractivity contribution is 6.41. The lowest BCUT2D eigenvalue weighted by molar-refractivity contribution is 0.103. The number of nitriles is 1. The molecule has 1 aromatic carbocycles. The van der Waals surface area contributed by atoms with E-state index in [4.69, 9.17) is 23.2 Å². The van der Waals surface area contributed by atoms with Gasteiger partial charge in [0.1, 0.15) is 11.6 Å². The number of rotatable bonds is 8. The Morgan fingerprint density at radius 3 is 2.27 bits per heavy atom. The summed E-state index contributed by atoms with van der Waals surface area (Å²) in [4.78, 5) is 12.4. The first-order valence-electron chi connectivity index (χ1n) is 7.40. The van der Waals surface area contributed by atoms with E-state index in [0.717, 1.165) is 25.7 Å². The Kier molecular flexibility index (Phi) is 8.01. The smallest absolute Gasteiger partial charge is 0.208 e. The molecule has 0 saturated heterocycles. The van der Waals surface area contributed by atoms with E-state index in [-0.39, 0.29) is 27.2 Å². The van der Waals surface area contributed by atoms with Crippen LogP contribution in [0.2, 0.25) is 10.0 Å². The third kappa shape index (κ3) is 5.05. The predicted molar refractivity (Wildman–Crippen MR) is 91.2 cm³/mol. The van der Waals surface area contributed by atoms with Crippen LogP contribution in [0.3, 0.4) is 0 Å². The van der Waals surface area contributed by atoms with Gasteiger partial charge in [0.25, 0.3) is 0 Å². The molecule has 0 aromatic heterocycles. The topological polar surface area (TPSA) is 52.9 Å². The van der Waals surface area contributed by atoms with Crippen molar-refractivity contribution in [3.05, 3.63) is 45.6 Å². The molecule has 0 bridgehead atoms. The summed E-state index contributed by atoms with van der Waals surface area (Å²) in [5, 5.41) is 12.9. The summed E-state index contributed by atoms with van der Waals surface area (Å²) >= 11 is 12.1. The predicted octanol–water partition coefficient (Wildman–Crippen LogP) is 5.14. The van der Waals surface area contributed by atoms with Gasteiger partial charge >= 0.3 is 0 Å². The number of halogens is 2. The van der Waals surface area contributed by atoms with Crippen molar-refractivity contribution in [2.75, 3.05) is 0 Å². The molecule has 0 spiro atoms. The van der Waals surface area contributed by atoms with Crippen LogP contribution < -0.4 is 5.32 Å². The van der Waals surface area contributed by atoms with Crippen molar-refractivity contribution in [3.63, 3.8) is 0 Å². The zero-order chi connectivity index (χ0) is 16.5. The number of benzene rings is 1. The maximum atomic E-state index is 12.4. The summed E-state index contributed by atoms with van der Waals surface area (Å²) in [6.07, 6.45) is 5.54. The molecule has 3 nitrogen and oxygen atoms in total. The second-order valence-electron chi connectivity index (χ2n) is 5.04. The van der Waals surface area contributed by atoms with Crippen LogP contribution in [0.25, 0.3) is 0 Å². The summed E-state index contributed by atoms with van der Waals surface area (Å²) in [6.45, 7) is 4.21. The maximum Gasteiger partial charge on any atom is 0.208 e. The summed E-state index contributed by atoms with van der Waals surface area (Å²) in [6, 6.07) is 7.01. The fraction of sp³-hybridized carbons (Fsp3) is 0.412. The number of nitrogens with one attached hydrogen (secondary N) is 1. The molecule has 0 aliphatic carbocycles. The lowest BCUT2D eigenvalue weighted by Crippen LogP contribution is -2.25. The minimum atomic E-state index is -0.461. The maximum absolute atomic E-state index is 12.4. The summed E-state index contributed by atoms with van der Waals surface area (Å²) in [5.74, 6) is -0.461. The molecular formula is C17H20Cl2N2O. The molecular weight excluding hydrogens is 319 g/mol. The number of allylic oxidation sites excluding steroid dienone is 1. The first-order valence-corrected chi connectivity index (χ1v) is 8.15. The van der Waals surface area contributed by atoms with Crippen LogP contribution in [0.1, 0.15) is 49.9 Å². The van der Waals surface area contributed by atoms with Crippen molar-refractivity contribution in [1.82, 2.24) is 5.32 Å². The number of hydrogen-bond acceptors (Lipinski definition) is 3. The quantitative estimate of drug-likeness (QED) is 0.405. The minimum absolute atomic E-state index is 0.00667. The fourth-order valence-corrected chi connectivity index (χ4v) is 2.78. The van der Waals surface area contributed by atoms with Gasteiger partial charge in [0.05, 0.1) is 15.6 Å². The molecule has 0 aliphatic rings. The normalized spacial score (nSPS) is 11.4. The zero-order valence-electron chi connectivity index (χ0n) is 12.8. The fourth-order valence-electron chi connectivity index (χ4n) is 2.21. The standard InChI is InChI=1S/C17H20Cl2N2O/c1-3-6-13(7-4-2)21-11-12(10-20)17(22)16-14(18)8-5-9-15(16)19/h5,8-9,11,13,21H,3-4,6-7H2,1-2H3/b12-11-. The van der Waals surface area contributed by atoms with Crippen LogP contribution in [-0.4, -0.2) is 11.8 Å². The number of carbonyl (C=O) groups excluding carboxylic acids is 1. The van der Waals surface area contributed by atoms with E-state index in [1.807, 2.05) is 6.07 Å². The molecule has 22 heavy (non-hydrogen) atoms. The number of carbonyl (C=O) groups is 1. The van der Waals surface area contributed by atoms with Gasteiger partial charge in [-0.15, -0.1) is 0 Å². The summed E-state index contributed by atoms with van der Waals surface area (Å²) < 4.78 is 0. The highest BCUT2D eigenvalue weighted by Crippen LogP contribution is 2.26. The van der Waals surface area contributed by atoms with Crippen LogP contribution in [-0.2, 0) is 0 Å². The van der Waals surface area contributed by atoms with Gasteiger partial charge in [0, 0.05) is 12.2 Å². The second-order valence-corrected chi connectivity index (χ2v) is 5.85. The summed E-state index contributed by atoms with van der Waals surface area (Å²) in [5.41, 5.74) is 0.176. The lowest BCUT2D eigenvalue weighted by atomic mass is 10.0. The monoisotopic (exact) mass is 338 g/mol. The Balaban J connectivity index is 2.98. The average molecular weight is 339 g/mol. The molecule has 0 amide bonds. The van der Waals surface area contributed by atoms with E-state index in [1.165, 1.54) is 6.20 Å². The van der Waals surface area contributed by atoms with E-state index in [1.54, 1.807) is 18.2 Å². The van der Waals surface area contributed by atoms with Crippen molar-refractivity contribution < 1.29 is 4.79 Å². The molecule has 0 atom stereocenters. The van der Waals surface area contributed by atoms with Crippen molar-refractivity contribution in [3.8, 4) is 6.07 Å². The van der Waals surface area contributed by atoms with Gasteiger partial charge in [0.2, 0.25) is 5.78 Å². The van der Waals surface area contributed by atoms with Crippen LogP contribution in [0, 0.1) is 11.3 Å². The molecule has 0 aliphatic heterocycles. The summed E-state index contributed by atoms with van der Waals surface area (Å²) in [7, 11) is 0.